The van der Waals surface area contributed by atoms with Crippen LogP contribution >= 0.6 is 0 Å². The molecule has 0 atom stereocenters. The lowest BCUT2D eigenvalue weighted by molar-refractivity contribution is 0.309. The van der Waals surface area contributed by atoms with Gasteiger partial charge in [-0.05, 0) is 12.5 Å². The Labute approximate surface area is 68.0 Å². The van der Waals surface area contributed by atoms with Crippen molar-refractivity contribution in [3.8, 4) is 5.75 Å². The van der Waals surface area contributed by atoms with Crippen molar-refractivity contribution in [2.45, 2.75) is 19.8 Å². The van der Waals surface area contributed by atoms with E-state index in [4.69, 9.17) is 4.74 Å². The molecule has 0 aromatic heterocycles. The maximum Gasteiger partial charge on any atom is 0.127 e. The van der Waals surface area contributed by atoms with Crippen LogP contribution in [0.25, 0.3) is 0 Å². The highest BCUT2D eigenvalue weighted by molar-refractivity contribution is 5.19. The lowest BCUT2D eigenvalue weighted by Crippen LogP contribution is -1.95. The Morgan fingerprint density at radius 3 is 3.00 bits per heavy atom. The van der Waals surface area contributed by atoms with E-state index in [1.165, 1.54) is 6.42 Å². The van der Waals surface area contributed by atoms with Crippen LogP contribution < -0.4 is 4.74 Å². The molecule has 0 saturated heterocycles. The summed E-state index contributed by atoms with van der Waals surface area (Å²) in [6.45, 7) is 2.95. The van der Waals surface area contributed by atoms with Gasteiger partial charge < -0.3 is 4.74 Å². The molecule has 1 rings (SSSR count). The zero-order valence-electron chi connectivity index (χ0n) is 6.84. The summed E-state index contributed by atoms with van der Waals surface area (Å²) < 4.78 is 5.39. The van der Waals surface area contributed by atoms with Gasteiger partial charge in [0.2, 0.25) is 0 Å². The normalized spacial score (nSPS) is 9.55. The van der Waals surface area contributed by atoms with Gasteiger partial charge in [0, 0.05) is 6.07 Å². The number of hydrogen-bond donors (Lipinski definition) is 0. The number of ether oxygens (including phenoxy) is 1. The molecule has 11 heavy (non-hydrogen) atoms. The molecule has 0 N–H and O–H groups in total. The molecule has 1 nitrogen and oxygen atoms in total. The first-order valence-electron chi connectivity index (χ1n) is 4.03. The molecule has 0 fully saturated rings. The summed E-state index contributed by atoms with van der Waals surface area (Å²) in [5.41, 5.74) is 0. The van der Waals surface area contributed by atoms with E-state index in [0.717, 1.165) is 18.8 Å². The second-order valence-electron chi connectivity index (χ2n) is 2.43. The molecule has 0 aliphatic carbocycles. The van der Waals surface area contributed by atoms with Crippen molar-refractivity contribution in [1.29, 1.82) is 0 Å². The number of hydrogen-bond acceptors (Lipinski definition) is 1. The molecule has 0 bridgehead atoms. The standard InChI is InChI=1S/C10H13O/c1-2-3-9-11-10-7-5-4-6-8-10/h4-7H,2-3,9H2,1H3. The Balaban J connectivity index is 2.28. The number of unbranched alkanes of at least 4 members (excludes halogenated alkanes) is 1. The zero-order chi connectivity index (χ0) is 7.94. The van der Waals surface area contributed by atoms with Gasteiger partial charge in [0.25, 0.3) is 0 Å². The summed E-state index contributed by atoms with van der Waals surface area (Å²) in [4.78, 5) is 0. The first-order valence-corrected chi connectivity index (χ1v) is 4.03. The third kappa shape index (κ3) is 3.08. The van der Waals surface area contributed by atoms with E-state index in [9.17, 15) is 0 Å². The molecule has 0 aliphatic heterocycles. The van der Waals surface area contributed by atoms with E-state index in [-0.39, 0.29) is 0 Å². The van der Waals surface area contributed by atoms with E-state index in [1.54, 1.807) is 0 Å². The van der Waals surface area contributed by atoms with Crippen LogP contribution in [0.3, 0.4) is 0 Å². The van der Waals surface area contributed by atoms with Gasteiger partial charge in [0.05, 0.1) is 6.61 Å². The van der Waals surface area contributed by atoms with Gasteiger partial charge in [0.1, 0.15) is 5.75 Å². The third-order valence-corrected chi connectivity index (χ3v) is 1.44. The minimum atomic E-state index is 0.803. The number of rotatable bonds is 4. The Morgan fingerprint density at radius 1 is 1.45 bits per heavy atom. The van der Waals surface area contributed by atoms with Gasteiger partial charge in [0.15, 0.2) is 0 Å². The van der Waals surface area contributed by atoms with Crippen molar-refractivity contribution >= 4 is 0 Å². The Bertz CT molecular complexity index is 181. The van der Waals surface area contributed by atoms with E-state index in [1.807, 2.05) is 24.3 Å². The molecule has 0 spiro atoms. The second kappa shape index (κ2) is 4.78. The summed E-state index contributed by atoms with van der Waals surface area (Å²) in [7, 11) is 0. The van der Waals surface area contributed by atoms with E-state index < -0.39 is 0 Å². The first-order chi connectivity index (χ1) is 5.43. The highest BCUT2D eigenvalue weighted by atomic mass is 16.5. The van der Waals surface area contributed by atoms with E-state index in [2.05, 4.69) is 13.0 Å². The van der Waals surface area contributed by atoms with Crippen LogP contribution in [0.15, 0.2) is 24.3 Å². The molecule has 0 aliphatic rings. The fourth-order valence-corrected chi connectivity index (χ4v) is 0.793. The van der Waals surface area contributed by atoms with Crippen LogP contribution in [-0.2, 0) is 0 Å². The highest BCUT2D eigenvalue weighted by Gasteiger charge is 1.89. The molecule has 0 heterocycles. The molecule has 1 aromatic carbocycles. The molecule has 59 valence electrons. The van der Waals surface area contributed by atoms with Crippen LogP contribution in [-0.4, -0.2) is 6.61 Å². The predicted octanol–water partition coefficient (Wildman–Crippen LogP) is 2.67. The van der Waals surface area contributed by atoms with Gasteiger partial charge in [-0.2, -0.15) is 0 Å². The second-order valence-corrected chi connectivity index (χ2v) is 2.43. The smallest absolute Gasteiger partial charge is 0.127 e. The maximum atomic E-state index is 5.39. The lowest BCUT2D eigenvalue weighted by Gasteiger charge is -2.02. The fourth-order valence-electron chi connectivity index (χ4n) is 0.793. The number of benzene rings is 1. The Morgan fingerprint density at radius 2 is 2.36 bits per heavy atom. The molecule has 1 aromatic rings. The van der Waals surface area contributed by atoms with Crippen molar-refractivity contribution in [3.63, 3.8) is 0 Å². The van der Waals surface area contributed by atoms with Gasteiger partial charge >= 0.3 is 0 Å². The molecule has 1 heteroatoms. The number of para-hydroxylation sites is 1. The van der Waals surface area contributed by atoms with Gasteiger partial charge in [-0.15, -0.1) is 0 Å². The van der Waals surface area contributed by atoms with Crippen LogP contribution in [0.1, 0.15) is 19.8 Å². The average Bonchev–Trinajstić information content (AvgIpc) is 2.07. The third-order valence-electron chi connectivity index (χ3n) is 1.44. The molecule has 0 saturated carbocycles. The van der Waals surface area contributed by atoms with Gasteiger partial charge in [-0.1, -0.05) is 31.5 Å². The fraction of sp³-hybridized carbons (Fsp3) is 0.400. The molecular formula is C10H13O. The van der Waals surface area contributed by atoms with Crippen molar-refractivity contribution in [3.05, 3.63) is 30.3 Å². The lowest BCUT2D eigenvalue weighted by atomic mass is 10.3. The minimum Gasteiger partial charge on any atom is -0.493 e. The van der Waals surface area contributed by atoms with Gasteiger partial charge in [-0.3, -0.25) is 0 Å². The SMILES string of the molecule is CCCCOc1[c]cccc1. The molecule has 0 amide bonds. The zero-order valence-corrected chi connectivity index (χ0v) is 6.84. The average molecular weight is 149 g/mol. The van der Waals surface area contributed by atoms with Crippen LogP contribution in [0.4, 0.5) is 0 Å². The quantitative estimate of drug-likeness (QED) is 0.598. The maximum absolute atomic E-state index is 5.39. The highest BCUT2D eigenvalue weighted by Crippen LogP contribution is 2.07. The van der Waals surface area contributed by atoms with E-state index >= 15 is 0 Å². The van der Waals surface area contributed by atoms with Crippen LogP contribution in [0.5, 0.6) is 5.75 Å². The van der Waals surface area contributed by atoms with Crippen molar-refractivity contribution < 1.29 is 4.74 Å². The first kappa shape index (κ1) is 8.12. The Hall–Kier alpha value is -0.980. The van der Waals surface area contributed by atoms with Crippen LogP contribution in [0.2, 0.25) is 0 Å². The van der Waals surface area contributed by atoms with Gasteiger partial charge in [-0.25, -0.2) is 0 Å². The molecular weight excluding hydrogens is 136 g/mol. The van der Waals surface area contributed by atoms with Crippen molar-refractivity contribution in [2.75, 3.05) is 6.61 Å². The summed E-state index contributed by atoms with van der Waals surface area (Å²) in [6, 6.07) is 10.7. The molecule has 0 unspecified atom stereocenters. The summed E-state index contributed by atoms with van der Waals surface area (Å²) in [5, 5.41) is 0. The molecule has 1 radical (unpaired) electrons. The van der Waals surface area contributed by atoms with E-state index in [0.29, 0.717) is 0 Å². The van der Waals surface area contributed by atoms with Crippen molar-refractivity contribution in [2.24, 2.45) is 0 Å². The topological polar surface area (TPSA) is 9.23 Å². The summed E-state index contributed by atoms with van der Waals surface area (Å²) in [5.74, 6) is 0.848. The largest absolute Gasteiger partial charge is 0.493 e. The predicted molar refractivity (Wildman–Crippen MR) is 45.7 cm³/mol. The minimum absolute atomic E-state index is 0.803. The monoisotopic (exact) mass is 149 g/mol. The summed E-state index contributed by atoms with van der Waals surface area (Å²) >= 11 is 0. The van der Waals surface area contributed by atoms with Crippen LogP contribution in [0, 0.1) is 6.07 Å². The summed E-state index contributed by atoms with van der Waals surface area (Å²) in [6.07, 6.45) is 2.29. The Kier molecular flexibility index (Phi) is 3.53. The van der Waals surface area contributed by atoms with Crippen molar-refractivity contribution in [1.82, 2.24) is 0 Å².